The van der Waals surface area contributed by atoms with Crippen molar-refractivity contribution in [1.82, 2.24) is 5.32 Å². The van der Waals surface area contributed by atoms with Gasteiger partial charge < -0.3 is 5.32 Å². The van der Waals surface area contributed by atoms with Gasteiger partial charge in [-0.05, 0) is 43.7 Å². The average Bonchev–Trinajstić information content (AvgIpc) is 2.74. The van der Waals surface area contributed by atoms with E-state index in [2.05, 4.69) is 5.32 Å². The SMILES string of the molecule is Fc1ccccc1SCCC1CCCN1. The Morgan fingerprint density at radius 3 is 3.00 bits per heavy atom. The molecule has 1 heterocycles. The maximum absolute atomic E-state index is 13.3. The number of halogens is 1. The Morgan fingerprint density at radius 1 is 1.40 bits per heavy atom. The Morgan fingerprint density at radius 2 is 2.27 bits per heavy atom. The van der Waals surface area contributed by atoms with Crippen LogP contribution < -0.4 is 5.32 Å². The molecule has 1 N–H and O–H groups in total. The molecule has 0 saturated carbocycles. The molecule has 0 spiro atoms. The number of benzene rings is 1. The Hall–Kier alpha value is -0.540. The molecule has 0 bridgehead atoms. The van der Waals surface area contributed by atoms with Gasteiger partial charge >= 0.3 is 0 Å². The molecule has 1 atom stereocenters. The van der Waals surface area contributed by atoms with Crippen molar-refractivity contribution in [3.63, 3.8) is 0 Å². The van der Waals surface area contributed by atoms with E-state index in [9.17, 15) is 4.39 Å². The van der Waals surface area contributed by atoms with Crippen molar-refractivity contribution in [1.29, 1.82) is 0 Å². The molecule has 15 heavy (non-hydrogen) atoms. The molecule has 1 aliphatic rings. The maximum Gasteiger partial charge on any atom is 0.136 e. The van der Waals surface area contributed by atoms with Crippen LogP contribution in [0.3, 0.4) is 0 Å². The summed E-state index contributed by atoms with van der Waals surface area (Å²) in [4.78, 5) is 0.774. The van der Waals surface area contributed by atoms with E-state index in [1.807, 2.05) is 12.1 Å². The predicted octanol–water partition coefficient (Wildman–Crippen LogP) is 3.06. The molecule has 1 saturated heterocycles. The number of nitrogens with one attached hydrogen (secondary N) is 1. The summed E-state index contributed by atoms with van der Waals surface area (Å²) in [7, 11) is 0. The van der Waals surface area contributed by atoms with Gasteiger partial charge in [0.2, 0.25) is 0 Å². The highest BCUT2D eigenvalue weighted by molar-refractivity contribution is 7.99. The molecule has 1 aromatic rings. The van der Waals surface area contributed by atoms with E-state index >= 15 is 0 Å². The van der Waals surface area contributed by atoms with Crippen LogP contribution in [0.2, 0.25) is 0 Å². The van der Waals surface area contributed by atoms with Crippen LogP contribution in [0.25, 0.3) is 0 Å². The van der Waals surface area contributed by atoms with Gasteiger partial charge in [0.05, 0.1) is 0 Å². The van der Waals surface area contributed by atoms with E-state index in [1.165, 1.54) is 18.9 Å². The molecular formula is C12H16FNS. The highest BCUT2D eigenvalue weighted by Crippen LogP contribution is 2.23. The Labute approximate surface area is 94.5 Å². The second-order valence-electron chi connectivity index (χ2n) is 3.86. The zero-order chi connectivity index (χ0) is 10.5. The van der Waals surface area contributed by atoms with Gasteiger partial charge in [0.15, 0.2) is 0 Å². The summed E-state index contributed by atoms with van der Waals surface area (Å²) in [5, 5.41) is 3.45. The molecule has 1 unspecified atom stereocenters. The molecule has 82 valence electrons. The van der Waals surface area contributed by atoms with E-state index in [0.29, 0.717) is 6.04 Å². The highest BCUT2D eigenvalue weighted by atomic mass is 32.2. The minimum atomic E-state index is -0.0955. The molecule has 1 aromatic carbocycles. The zero-order valence-electron chi connectivity index (χ0n) is 8.71. The highest BCUT2D eigenvalue weighted by Gasteiger charge is 2.13. The first kappa shape index (κ1) is 11.0. The molecule has 1 nitrogen and oxygen atoms in total. The summed E-state index contributed by atoms with van der Waals surface area (Å²) in [5.74, 6) is 0.903. The summed E-state index contributed by atoms with van der Waals surface area (Å²) in [6, 6.07) is 7.65. The minimum absolute atomic E-state index is 0.0955. The number of hydrogen-bond acceptors (Lipinski definition) is 2. The molecule has 3 heteroatoms. The quantitative estimate of drug-likeness (QED) is 0.790. The monoisotopic (exact) mass is 225 g/mol. The van der Waals surface area contributed by atoms with Gasteiger partial charge in [-0.25, -0.2) is 4.39 Å². The summed E-state index contributed by atoms with van der Waals surface area (Å²) in [5.41, 5.74) is 0. The van der Waals surface area contributed by atoms with Gasteiger partial charge in [-0.1, -0.05) is 12.1 Å². The smallest absolute Gasteiger partial charge is 0.136 e. The van der Waals surface area contributed by atoms with Crippen LogP contribution in [-0.4, -0.2) is 18.3 Å². The van der Waals surface area contributed by atoms with Gasteiger partial charge in [0.1, 0.15) is 5.82 Å². The van der Waals surface area contributed by atoms with Crippen LogP contribution in [0.5, 0.6) is 0 Å². The average molecular weight is 225 g/mol. The molecule has 0 amide bonds. The molecule has 1 fully saturated rings. The van der Waals surface area contributed by atoms with E-state index in [0.717, 1.165) is 23.6 Å². The van der Waals surface area contributed by atoms with E-state index in [-0.39, 0.29) is 5.82 Å². The van der Waals surface area contributed by atoms with Crippen LogP contribution in [0.15, 0.2) is 29.2 Å². The Kier molecular flexibility index (Phi) is 4.03. The predicted molar refractivity (Wildman–Crippen MR) is 62.8 cm³/mol. The van der Waals surface area contributed by atoms with Crippen molar-refractivity contribution < 1.29 is 4.39 Å². The minimum Gasteiger partial charge on any atom is -0.314 e. The van der Waals surface area contributed by atoms with Gasteiger partial charge in [-0.2, -0.15) is 0 Å². The van der Waals surface area contributed by atoms with Gasteiger partial charge in [0, 0.05) is 10.9 Å². The molecule has 0 aliphatic carbocycles. The van der Waals surface area contributed by atoms with Crippen molar-refractivity contribution in [2.45, 2.75) is 30.2 Å². The lowest BCUT2D eigenvalue weighted by Crippen LogP contribution is -2.21. The Bertz CT molecular complexity index is 310. The van der Waals surface area contributed by atoms with Crippen molar-refractivity contribution in [2.24, 2.45) is 0 Å². The summed E-state index contributed by atoms with van der Waals surface area (Å²) in [6.07, 6.45) is 3.70. The first-order chi connectivity index (χ1) is 7.36. The van der Waals surface area contributed by atoms with Crippen molar-refractivity contribution in [3.05, 3.63) is 30.1 Å². The lowest BCUT2D eigenvalue weighted by Gasteiger charge is -2.09. The van der Waals surface area contributed by atoms with E-state index in [4.69, 9.17) is 0 Å². The fourth-order valence-electron chi connectivity index (χ4n) is 1.88. The Balaban J connectivity index is 1.75. The van der Waals surface area contributed by atoms with Gasteiger partial charge in [-0.3, -0.25) is 0 Å². The second-order valence-corrected chi connectivity index (χ2v) is 5.00. The molecule has 0 radical (unpaired) electrons. The van der Waals surface area contributed by atoms with Gasteiger partial charge in [-0.15, -0.1) is 11.8 Å². The fraction of sp³-hybridized carbons (Fsp3) is 0.500. The lowest BCUT2D eigenvalue weighted by atomic mass is 10.2. The summed E-state index contributed by atoms with van der Waals surface area (Å²) in [6.45, 7) is 1.15. The third-order valence-corrected chi connectivity index (χ3v) is 3.80. The first-order valence-corrected chi connectivity index (χ1v) is 6.45. The standard InChI is InChI=1S/C12H16FNS/c13-11-5-1-2-6-12(11)15-9-7-10-4-3-8-14-10/h1-2,5-6,10,14H,3-4,7-9H2. The van der Waals surface area contributed by atoms with Crippen LogP contribution in [0.1, 0.15) is 19.3 Å². The number of rotatable bonds is 4. The largest absolute Gasteiger partial charge is 0.314 e. The van der Waals surface area contributed by atoms with Gasteiger partial charge in [0.25, 0.3) is 0 Å². The van der Waals surface area contributed by atoms with Crippen molar-refractivity contribution in [3.8, 4) is 0 Å². The summed E-state index contributed by atoms with van der Waals surface area (Å²) >= 11 is 1.62. The number of thioether (sulfide) groups is 1. The molecule has 1 aliphatic heterocycles. The summed E-state index contributed by atoms with van der Waals surface area (Å²) < 4.78 is 13.3. The normalized spacial score (nSPS) is 20.7. The topological polar surface area (TPSA) is 12.0 Å². The van der Waals surface area contributed by atoms with Crippen LogP contribution in [-0.2, 0) is 0 Å². The van der Waals surface area contributed by atoms with Crippen molar-refractivity contribution in [2.75, 3.05) is 12.3 Å². The van der Waals surface area contributed by atoms with Crippen molar-refractivity contribution >= 4 is 11.8 Å². The lowest BCUT2D eigenvalue weighted by molar-refractivity contribution is 0.589. The molecule has 2 rings (SSSR count). The second kappa shape index (κ2) is 5.52. The first-order valence-electron chi connectivity index (χ1n) is 5.47. The fourth-order valence-corrected chi connectivity index (χ4v) is 2.88. The van der Waals surface area contributed by atoms with E-state index < -0.39 is 0 Å². The van der Waals surface area contributed by atoms with Crippen LogP contribution >= 0.6 is 11.8 Å². The third kappa shape index (κ3) is 3.21. The van der Waals surface area contributed by atoms with Crippen LogP contribution in [0.4, 0.5) is 4.39 Å². The third-order valence-electron chi connectivity index (χ3n) is 2.72. The van der Waals surface area contributed by atoms with E-state index in [1.54, 1.807) is 17.8 Å². The number of hydrogen-bond donors (Lipinski definition) is 1. The maximum atomic E-state index is 13.3. The van der Waals surface area contributed by atoms with Crippen LogP contribution in [0, 0.1) is 5.82 Å². The molecular weight excluding hydrogens is 209 g/mol. The molecule has 0 aromatic heterocycles. The zero-order valence-corrected chi connectivity index (χ0v) is 9.52.